The monoisotopic (exact) mass is 242 g/mol. The molecule has 16 heavy (non-hydrogen) atoms. The van der Waals surface area contributed by atoms with Crippen molar-refractivity contribution >= 4 is 23.1 Å². The zero-order chi connectivity index (χ0) is 12.6. The van der Waals surface area contributed by atoms with Crippen LogP contribution in [0.15, 0.2) is 12.7 Å². The molecule has 92 valence electrons. The van der Waals surface area contributed by atoms with E-state index in [1.165, 1.54) is 0 Å². The molecule has 3 nitrogen and oxygen atoms in total. The Morgan fingerprint density at radius 1 is 1.50 bits per heavy atom. The molecule has 0 unspecified atom stereocenters. The summed E-state index contributed by atoms with van der Waals surface area (Å²) in [6.45, 7) is 8.89. The summed E-state index contributed by atoms with van der Waals surface area (Å²) < 4.78 is 0. The van der Waals surface area contributed by atoms with Gasteiger partial charge in [0.25, 0.3) is 0 Å². The van der Waals surface area contributed by atoms with Gasteiger partial charge in [-0.2, -0.15) is 0 Å². The highest BCUT2D eigenvalue weighted by Gasteiger charge is 2.20. The Hall–Kier alpha value is -0.900. The van der Waals surface area contributed by atoms with Gasteiger partial charge in [0.2, 0.25) is 5.91 Å². The molecule has 0 saturated heterocycles. The van der Waals surface area contributed by atoms with Crippen LogP contribution in [-0.4, -0.2) is 28.9 Å². The van der Waals surface area contributed by atoms with E-state index in [1.807, 2.05) is 13.8 Å². The van der Waals surface area contributed by atoms with Crippen LogP contribution in [0.3, 0.4) is 0 Å². The molecule has 0 aromatic heterocycles. The maximum absolute atomic E-state index is 12.1. The molecule has 0 saturated carbocycles. The highest BCUT2D eigenvalue weighted by Crippen LogP contribution is 2.12. The van der Waals surface area contributed by atoms with E-state index in [-0.39, 0.29) is 11.8 Å². The largest absolute Gasteiger partial charge is 0.393 e. The van der Waals surface area contributed by atoms with Gasteiger partial charge >= 0.3 is 0 Å². The molecular weight excluding hydrogens is 220 g/mol. The second-order valence-electron chi connectivity index (χ2n) is 3.80. The Kier molecular flexibility index (Phi) is 7.81. The molecule has 0 aromatic rings. The Morgan fingerprint density at radius 3 is 2.44 bits per heavy atom. The molecule has 0 aliphatic rings. The minimum absolute atomic E-state index is 0.103. The van der Waals surface area contributed by atoms with E-state index >= 15 is 0 Å². The van der Waals surface area contributed by atoms with Gasteiger partial charge in [-0.3, -0.25) is 4.79 Å². The number of hydrogen-bond donors (Lipinski definition) is 1. The summed E-state index contributed by atoms with van der Waals surface area (Å²) in [6, 6.07) is 0. The van der Waals surface area contributed by atoms with Crippen LogP contribution in [0.1, 0.15) is 33.1 Å². The standard InChI is InChI=1S/C12H22N2OS/c1-4-8-14(9-7-11(13)16)12(15)10(5-2)6-3/h4,10H,1,5-9H2,2-3H3,(H2,13,16). The molecule has 0 fully saturated rings. The minimum atomic E-state index is 0.103. The maximum atomic E-state index is 12.1. The summed E-state index contributed by atoms with van der Waals surface area (Å²) >= 11 is 4.82. The Bertz CT molecular complexity index is 249. The fourth-order valence-corrected chi connectivity index (χ4v) is 1.68. The molecule has 0 heterocycles. The number of nitrogens with two attached hydrogens (primary N) is 1. The zero-order valence-corrected chi connectivity index (χ0v) is 11.1. The van der Waals surface area contributed by atoms with E-state index < -0.39 is 0 Å². The Morgan fingerprint density at radius 2 is 2.06 bits per heavy atom. The third-order valence-corrected chi connectivity index (χ3v) is 2.83. The van der Waals surface area contributed by atoms with Crippen LogP contribution >= 0.6 is 12.2 Å². The minimum Gasteiger partial charge on any atom is -0.393 e. The van der Waals surface area contributed by atoms with Crippen molar-refractivity contribution in [1.82, 2.24) is 4.90 Å². The maximum Gasteiger partial charge on any atom is 0.225 e. The van der Waals surface area contributed by atoms with Gasteiger partial charge in [0.1, 0.15) is 0 Å². The summed E-state index contributed by atoms with van der Waals surface area (Å²) in [5.41, 5.74) is 5.45. The molecule has 0 atom stereocenters. The van der Waals surface area contributed by atoms with Gasteiger partial charge in [-0.05, 0) is 12.8 Å². The van der Waals surface area contributed by atoms with E-state index in [4.69, 9.17) is 18.0 Å². The quantitative estimate of drug-likeness (QED) is 0.524. The first kappa shape index (κ1) is 15.1. The Balaban J connectivity index is 4.43. The first-order valence-corrected chi connectivity index (χ1v) is 6.15. The third kappa shape index (κ3) is 5.26. The summed E-state index contributed by atoms with van der Waals surface area (Å²) in [7, 11) is 0. The zero-order valence-electron chi connectivity index (χ0n) is 10.2. The third-order valence-electron chi connectivity index (χ3n) is 2.62. The number of rotatable bonds is 8. The van der Waals surface area contributed by atoms with Gasteiger partial charge in [-0.25, -0.2) is 0 Å². The lowest BCUT2D eigenvalue weighted by Crippen LogP contribution is -2.37. The van der Waals surface area contributed by atoms with Gasteiger partial charge in [-0.15, -0.1) is 6.58 Å². The fraction of sp³-hybridized carbons (Fsp3) is 0.667. The van der Waals surface area contributed by atoms with Gasteiger partial charge < -0.3 is 10.6 Å². The van der Waals surface area contributed by atoms with Crippen molar-refractivity contribution in [2.24, 2.45) is 11.7 Å². The SMILES string of the molecule is C=CCN(CCC(N)=S)C(=O)C(CC)CC. The lowest BCUT2D eigenvalue weighted by atomic mass is 10.0. The second-order valence-corrected chi connectivity index (χ2v) is 4.33. The topological polar surface area (TPSA) is 46.3 Å². The molecule has 0 aromatic carbocycles. The van der Waals surface area contributed by atoms with Crippen molar-refractivity contribution < 1.29 is 4.79 Å². The predicted octanol–water partition coefficient (Wildman–Crippen LogP) is 2.11. The fourth-order valence-electron chi connectivity index (χ4n) is 1.59. The lowest BCUT2D eigenvalue weighted by molar-refractivity contribution is -0.135. The number of amides is 1. The van der Waals surface area contributed by atoms with Crippen LogP contribution in [0.25, 0.3) is 0 Å². The number of hydrogen-bond acceptors (Lipinski definition) is 2. The van der Waals surface area contributed by atoms with Crippen molar-refractivity contribution in [3.05, 3.63) is 12.7 Å². The van der Waals surface area contributed by atoms with Gasteiger partial charge in [0.05, 0.1) is 4.99 Å². The van der Waals surface area contributed by atoms with Crippen LogP contribution in [0.4, 0.5) is 0 Å². The normalized spacial score (nSPS) is 10.2. The average Bonchev–Trinajstić information content (AvgIpc) is 2.25. The van der Waals surface area contributed by atoms with Crippen LogP contribution < -0.4 is 5.73 Å². The van der Waals surface area contributed by atoms with Crippen molar-refractivity contribution in [1.29, 1.82) is 0 Å². The van der Waals surface area contributed by atoms with E-state index in [2.05, 4.69) is 6.58 Å². The van der Waals surface area contributed by atoms with Crippen molar-refractivity contribution in [3.63, 3.8) is 0 Å². The second kappa shape index (κ2) is 8.28. The van der Waals surface area contributed by atoms with Crippen molar-refractivity contribution in [2.75, 3.05) is 13.1 Å². The molecular formula is C12H22N2OS. The molecule has 0 aliphatic heterocycles. The van der Waals surface area contributed by atoms with Crippen molar-refractivity contribution in [2.45, 2.75) is 33.1 Å². The molecule has 0 bridgehead atoms. The van der Waals surface area contributed by atoms with Gasteiger partial charge in [-0.1, -0.05) is 32.1 Å². The molecule has 0 spiro atoms. The van der Waals surface area contributed by atoms with E-state index in [9.17, 15) is 4.79 Å². The Labute approximate surface area is 104 Å². The molecule has 0 aliphatic carbocycles. The van der Waals surface area contributed by atoms with E-state index in [0.29, 0.717) is 24.5 Å². The summed E-state index contributed by atoms with van der Waals surface area (Å²) in [4.78, 5) is 14.3. The molecule has 2 N–H and O–H groups in total. The summed E-state index contributed by atoms with van der Waals surface area (Å²) in [6.07, 6.45) is 4.06. The lowest BCUT2D eigenvalue weighted by Gasteiger charge is -2.25. The number of nitrogens with zero attached hydrogens (tertiary/aromatic N) is 1. The molecule has 4 heteroatoms. The predicted molar refractivity (Wildman–Crippen MR) is 72.3 cm³/mol. The van der Waals surface area contributed by atoms with Gasteiger partial charge in [0, 0.05) is 25.4 Å². The van der Waals surface area contributed by atoms with Crippen LogP contribution in [0.2, 0.25) is 0 Å². The first-order valence-electron chi connectivity index (χ1n) is 5.74. The van der Waals surface area contributed by atoms with Gasteiger partial charge in [0.15, 0.2) is 0 Å². The molecule has 0 radical (unpaired) electrons. The first-order chi connectivity index (χ1) is 7.56. The molecule has 1 amide bonds. The summed E-state index contributed by atoms with van der Waals surface area (Å²) in [5, 5.41) is 0. The van der Waals surface area contributed by atoms with Crippen LogP contribution in [0, 0.1) is 5.92 Å². The number of thiocarbonyl (C=S) groups is 1. The van der Waals surface area contributed by atoms with E-state index in [1.54, 1.807) is 11.0 Å². The average molecular weight is 242 g/mol. The smallest absolute Gasteiger partial charge is 0.225 e. The highest BCUT2D eigenvalue weighted by molar-refractivity contribution is 7.80. The highest BCUT2D eigenvalue weighted by atomic mass is 32.1. The van der Waals surface area contributed by atoms with Crippen LogP contribution in [-0.2, 0) is 4.79 Å². The van der Waals surface area contributed by atoms with Crippen LogP contribution in [0.5, 0.6) is 0 Å². The number of carbonyl (C=O) groups is 1. The number of carbonyl (C=O) groups excluding carboxylic acids is 1. The van der Waals surface area contributed by atoms with E-state index in [0.717, 1.165) is 12.8 Å². The summed E-state index contributed by atoms with van der Waals surface area (Å²) in [5.74, 6) is 0.285. The van der Waals surface area contributed by atoms with Crippen molar-refractivity contribution in [3.8, 4) is 0 Å². The molecule has 0 rings (SSSR count).